The number of furan rings is 1. The maximum absolute atomic E-state index is 13.4. The normalized spacial score (nSPS) is 17.0. The maximum Gasteiger partial charge on any atom is 0.226 e. The summed E-state index contributed by atoms with van der Waals surface area (Å²) in [5.74, 6) is 0.948. The van der Waals surface area contributed by atoms with Crippen molar-refractivity contribution in [1.29, 1.82) is 0 Å². The Morgan fingerprint density at radius 1 is 1.25 bits per heavy atom. The van der Waals surface area contributed by atoms with Crippen molar-refractivity contribution in [2.75, 3.05) is 13.1 Å². The standard InChI is InChI=1S/C21H28N4O3/c1-15(26)24-10-8-16(9-11-24)21(27)25(13-17-5-4-12-28-17)14-19-18-6-3-7-20(18)23(2)22-19/h4-5,12,16H,3,6-11,13-14H2,1-2H3. The van der Waals surface area contributed by atoms with Crippen molar-refractivity contribution in [2.45, 2.75) is 52.1 Å². The lowest BCUT2D eigenvalue weighted by molar-refractivity contribution is -0.141. The molecule has 2 aromatic rings. The zero-order chi connectivity index (χ0) is 19.7. The van der Waals surface area contributed by atoms with Crippen molar-refractivity contribution in [3.63, 3.8) is 0 Å². The molecule has 1 aliphatic carbocycles. The molecule has 150 valence electrons. The third-order valence-electron chi connectivity index (χ3n) is 6.07. The van der Waals surface area contributed by atoms with E-state index < -0.39 is 0 Å². The Bertz CT molecular complexity index is 847. The first-order valence-corrected chi connectivity index (χ1v) is 10.1. The number of rotatable bonds is 5. The van der Waals surface area contributed by atoms with Crippen LogP contribution in [-0.4, -0.2) is 44.5 Å². The van der Waals surface area contributed by atoms with Crippen molar-refractivity contribution in [1.82, 2.24) is 19.6 Å². The average molecular weight is 384 g/mol. The van der Waals surface area contributed by atoms with Gasteiger partial charge in [0, 0.05) is 38.7 Å². The van der Waals surface area contributed by atoms with E-state index in [9.17, 15) is 9.59 Å². The minimum atomic E-state index is -0.0534. The molecule has 7 nitrogen and oxygen atoms in total. The predicted molar refractivity (Wildman–Crippen MR) is 103 cm³/mol. The van der Waals surface area contributed by atoms with E-state index >= 15 is 0 Å². The molecule has 3 heterocycles. The van der Waals surface area contributed by atoms with Crippen LogP contribution in [0.4, 0.5) is 0 Å². The molecule has 4 rings (SSSR count). The molecule has 1 fully saturated rings. The smallest absolute Gasteiger partial charge is 0.226 e. The summed E-state index contributed by atoms with van der Waals surface area (Å²) in [5.41, 5.74) is 3.62. The molecule has 0 bridgehead atoms. The van der Waals surface area contributed by atoms with Gasteiger partial charge >= 0.3 is 0 Å². The Hall–Kier alpha value is -2.57. The van der Waals surface area contributed by atoms with Crippen molar-refractivity contribution in [3.8, 4) is 0 Å². The van der Waals surface area contributed by atoms with Gasteiger partial charge in [-0.15, -0.1) is 0 Å². The predicted octanol–water partition coefficient (Wildman–Crippen LogP) is 2.29. The number of nitrogens with zero attached hydrogens (tertiary/aromatic N) is 4. The summed E-state index contributed by atoms with van der Waals surface area (Å²) in [4.78, 5) is 28.6. The minimum absolute atomic E-state index is 0.0534. The fourth-order valence-electron chi connectivity index (χ4n) is 4.51. The number of carbonyl (C=O) groups is 2. The summed E-state index contributed by atoms with van der Waals surface area (Å²) in [7, 11) is 1.99. The summed E-state index contributed by atoms with van der Waals surface area (Å²) >= 11 is 0. The number of hydrogen-bond donors (Lipinski definition) is 0. The summed E-state index contributed by atoms with van der Waals surface area (Å²) < 4.78 is 7.48. The second-order valence-corrected chi connectivity index (χ2v) is 7.90. The van der Waals surface area contributed by atoms with E-state index in [2.05, 4.69) is 0 Å². The number of piperidine rings is 1. The van der Waals surface area contributed by atoms with E-state index in [-0.39, 0.29) is 17.7 Å². The highest BCUT2D eigenvalue weighted by atomic mass is 16.3. The quantitative estimate of drug-likeness (QED) is 0.793. The van der Waals surface area contributed by atoms with Gasteiger partial charge < -0.3 is 14.2 Å². The van der Waals surface area contributed by atoms with Crippen LogP contribution in [0.3, 0.4) is 0 Å². The van der Waals surface area contributed by atoms with E-state index in [4.69, 9.17) is 9.52 Å². The largest absolute Gasteiger partial charge is 0.467 e. The Labute approximate surface area is 165 Å². The molecule has 28 heavy (non-hydrogen) atoms. The van der Waals surface area contributed by atoms with E-state index in [1.165, 1.54) is 11.3 Å². The van der Waals surface area contributed by atoms with Gasteiger partial charge in [-0.1, -0.05) is 0 Å². The second-order valence-electron chi connectivity index (χ2n) is 7.90. The van der Waals surface area contributed by atoms with Gasteiger partial charge in [-0.25, -0.2) is 0 Å². The Morgan fingerprint density at radius 2 is 2.04 bits per heavy atom. The van der Waals surface area contributed by atoms with E-state index in [1.807, 2.05) is 33.7 Å². The maximum atomic E-state index is 13.4. The molecule has 2 amide bonds. The molecule has 0 atom stereocenters. The molecule has 0 radical (unpaired) electrons. The van der Waals surface area contributed by atoms with Gasteiger partial charge in [-0.3, -0.25) is 14.3 Å². The summed E-state index contributed by atoms with van der Waals surface area (Å²) in [6, 6.07) is 3.75. The third-order valence-corrected chi connectivity index (χ3v) is 6.07. The first kappa shape index (κ1) is 18.8. The van der Waals surface area contributed by atoms with Crippen LogP contribution < -0.4 is 0 Å². The monoisotopic (exact) mass is 384 g/mol. The summed E-state index contributed by atoms with van der Waals surface area (Å²) in [6.45, 7) is 3.85. The number of fused-ring (bicyclic) bond motifs is 1. The molecule has 2 aliphatic rings. The molecule has 2 aromatic heterocycles. The number of aromatic nitrogens is 2. The van der Waals surface area contributed by atoms with Gasteiger partial charge in [0.2, 0.25) is 11.8 Å². The highest BCUT2D eigenvalue weighted by Gasteiger charge is 2.31. The van der Waals surface area contributed by atoms with Gasteiger partial charge in [-0.2, -0.15) is 5.10 Å². The van der Waals surface area contributed by atoms with Crippen LogP contribution in [0.2, 0.25) is 0 Å². The SMILES string of the molecule is CC(=O)N1CCC(C(=O)N(Cc2ccco2)Cc2nn(C)c3c2CCC3)CC1. The van der Waals surface area contributed by atoms with Crippen LogP contribution in [-0.2, 0) is 42.6 Å². The van der Waals surface area contributed by atoms with E-state index in [1.54, 1.807) is 13.2 Å². The van der Waals surface area contributed by atoms with Gasteiger partial charge in [0.1, 0.15) is 5.76 Å². The molecular weight excluding hydrogens is 356 g/mol. The zero-order valence-corrected chi connectivity index (χ0v) is 16.7. The first-order valence-electron chi connectivity index (χ1n) is 10.1. The number of aryl methyl sites for hydroxylation is 1. The Morgan fingerprint density at radius 3 is 2.71 bits per heavy atom. The van der Waals surface area contributed by atoms with Gasteiger partial charge in [-0.05, 0) is 49.8 Å². The van der Waals surface area contributed by atoms with Crippen LogP contribution in [0.15, 0.2) is 22.8 Å². The molecule has 0 aromatic carbocycles. The Balaban J connectivity index is 1.51. The topological polar surface area (TPSA) is 71.6 Å². The molecule has 1 saturated heterocycles. The van der Waals surface area contributed by atoms with Crippen LogP contribution in [0, 0.1) is 5.92 Å². The highest BCUT2D eigenvalue weighted by molar-refractivity contribution is 5.79. The van der Waals surface area contributed by atoms with Crippen molar-refractivity contribution < 1.29 is 14.0 Å². The summed E-state index contributed by atoms with van der Waals surface area (Å²) in [5, 5.41) is 4.70. The lowest BCUT2D eigenvalue weighted by atomic mass is 9.95. The lowest BCUT2D eigenvalue weighted by Gasteiger charge is -2.33. The van der Waals surface area contributed by atoms with Crippen LogP contribution in [0.1, 0.15) is 48.9 Å². The Kier molecular flexibility index (Phi) is 5.24. The summed E-state index contributed by atoms with van der Waals surface area (Å²) in [6.07, 6.45) is 6.33. The molecule has 7 heteroatoms. The van der Waals surface area contributed by atoms with Gasteiger partial charge in [0.05, 0.1) is 25.0 Å². The number of likely N-dealkylation sites (tertiary alicyclic amines) is 1. The van der Waals surface area contributed by atoms with Crippen molar-refractivity contribution in [3.05, 3.63) is 41.1 Å². The molecule has 0 saturated carbocycles. The molecular formula is C21H28N4O3. The first-order chi connectivity index (χ1) is 13.5. The molecule has 0 spiro atoms. The number of hydrogen-bond acceptors (Lipinski definition) is 4. The van der Waals surface area contributed by atoms with E-state index in [0.29, 0.717) is 39.0 Å². The number of amides is 2. The lowest BCUT2D eigenvalue weighted by Crippen LogP contribution is -2.43. The fraction of sp³-hybridized carbons (Fsp3) is 0.571. The van der Waals surface area contributed by atoms with Crippen molar-refractivity contribution in [2.24, 2.45) is 13.0 Å². The molecule has 1 aliphatic heterocycles. The average Bonchev–Trinajstić information content (AvgIpc) is 3.42. The minimum Gasteiger partial charge on any atom is -0.467 e. The fourth-order valence-corrected chi connectivity index (χ4v) is 4.51. The molecule has 0 N–H and O–H groups in total. The number of carbonyl (C=O) groups excluding carboxylic acids is 2. The van der Waals surface area contributed by atoms with Crippen LogP contribution in [0.5, 0.6) is 0 Å². The molecule has 0 unspecified atom stereocenters. The van der Waals surface area contributed by atoms with Crippen LogP contribution in [0.25, 0.3) is 0 Å². The second kappa shape index (κ2) is 7.81. The van der Waals surface area contributed by atoms with Gasteiger partial charge in [0.25, 0.3) is 0 Å². The van der Waals surface area contributed by atoms with E-state index in [0.717, 1.165) is 30.7 Å². The van der Waals surface area contributed by atoms with Gasteiger partial charge in [0.15, 0.2) is 0 Å². The third kappa shape index (κ3) is 3.70. The van der Waals surface area contributed by atoms with Crippen LogP contribution >= 0.6 is 0 Å². The highest BCUT2D eigenvalue weighted by Crippen LogP contribution is 2.27. The van der Waals surface area contributed by atoms with Crippen molar-refractivity contribution >= 4 is 11.8 Å². The zero-order valence-electron chi connectivity index (χ0n) is 16.7.